The fraction of sp³-hybridized carbons (Fsp3) is 0.775. The van der Waals surface area contributed by atoms with Crippen LogP contribution >= 0.6 is 0 Å². The first-order valence-electron chi connectivity index (χ1n) is 18.8. The van der Waals surface area contributed by atoms with Crippen molar-refractivity contribution in [3.05, 3.63) is 36.8 Å². The van der Waals surface area contributed by atoms with Gasteiger partial charge < -0.3 is 31.3 Å². The van der Waals surface area contributed by atoms with Gasteiger partial charge in [0, 0.05) is 30.4 Å². The summed E-state index contributed by atoms with van der Waals surface area (Å²) in [5.41, 5.74) is 7.12. The van der Waals surface area contributed by atoms with Gasteiger partial charge in [0.25, 0.3) is 0 Å². The SMILES string of the molecule is C=C(N)C(=O)C(CC1CCC1)NC(=C)C1[C@@H]2[C@H](CN1C(=C)C(NC(=O)NC(CCC(=O)OCC1CC1)C(C)(C)C)C(C)(C)C)C2(C)C.CC. The molecule has 3 aliphatic carbocycles. The summed E-state index contributed by atoms with van der Waals surface area (Å²) < 4.78 is 5.44. The average Bonchev–Trinajstić information content (AvgIpc) is 3.85. The molecule has 278 valence electrons. The van der Waals surface area contributed by atoms with Gasteiger partial charge >= 0.3 is 12.0 Å². The number of nitrogens with one attached hydrogen (secondary N) is 3. The van der Waals surface area contributed by atoms with Crippen LogP contribution in [0.3, 0.4) is 0 Å². The maximum absolute atomic E-state index is 13.7. The third-order valence-corrected chi connectivity index (χ3v) is 11.4. The highest BCUT2D eigenvalue weighted by atomic mass is 16.5. The van der Waals surface area contributed by atoms with E-state index in [1.807, 2.05) is 13.8 Å². The maximum atomic E-state index is 13.7. The zero-order valence-electron chi connectivity index (χ0n) is 32.5. The largest absolute Gasteiger partial charge is 0.465 e. The third-order valence-electron chi connectivity index (χ3n) is 11.4. The maximum Gasteiger partial charge on any atom is 0.315 e. The molecule has 0 spiro atoms. The third kappa shape index (κ3) is 10.3. The molecule has 1 saturated heterocycles. The van der Waals surface area contributed by atoms with Crippen LogP contribution in [0.1, 0.15) is 121 Å². The second-order valence-corrected chi connectivity index (χ2v) is 17.7. The predicted molar refractivity (Wildman–Crippen MR) is 199 cm³/mol. The molecule has 0 aromatic rings. The van der Waals surface area contributed by atoms with Crippen LogP contribution in [0, 0.1) is 39.9 Å². The number of ketones is 1. The van der Waals surface area contributed by atoms with Crippen molar-refractivity contribution in [3.63, 3.8) is 0 Å². The number of carbonyl (C=O) groups is 3. The van der Waals surface area contributed by atoms with Crippen LogP contribution in [0.25, 0.3) is 0 Å². The van der Waals surface area contributed by atoms with Crippen LogP contribution in [-0.2, 0) is 14.3 Å². The Morgan fingerprint density at radius 1 is 0.918 bits per heavy atom. The van der Waals surface area contributed by atoms with Crippen LogP contribution in [0.4, 0.5) is 4.79 Å². The van der Waals surface area contributed by atoms with E-state index < -0.39 is 6.04 Å². The van der Waals surface area contributed by atoms with E-state index in [0.717, 1.165) is 50.0 Å². The summed E-state index contributed by atoms with van der Waals surface area (Å²) >= 11 is 0. The summed E-state index contributed by atoms with van der Waals surface area (Å²) in [5, 5.41) is 9.95. The van der Waals surface area contributed by atoms with Gasteiger partial charge in [-0.25, -0.2) is 4.79 Å². The molecule has 2 amide bonds. The quantitative estimate of drug-likeness (QED) is 0.102. The first kappa shape index (κ1) is 40.5. The van der Waals surface area contributed by atoms with Crippen molar-refractivity contribution < 1.29 is 19.1 Å². The minimum Gasteiger partial charge on any atom is -0.465 e. The zero-order valence-corrected chi connectivity index (χ0v) is 32.5. The van der Waals surface area contributed by atoms with Crippen LogP contribution in [0.5, 0.6) is 0 Å². The minimum absolute atomic E-state index is 0.0682. The predicted octanol–water partition coefficient (Wildman–Crippen LogP) is 7.05. The molecule has 4 fully saturated rings. The van der Waals surface area contributed by atoms with E-state index in [2.05, 4.69) is 96.0 Å². The zero-order chi connectivity index (χ0) is 37.1. The monoisotopic (exact) mass is 684 g/mol. The first-order valence-corrected chi connectivity index (χ1v) is 18.8. The lowest BCUT2D eigenvalue weighted by atomic mass is 9.79. The smallest absolute Gasteiger partial charge is 0.315 e. The second-order valence-electron chi connectivity index (χ2n) is 17.7. The van der Waals surface area contributed by atoms with E-state index in [9.17, 15) is 14.4 Å². The van der Waals surface area contributed by atoms with Gasteiger partial charge in [-0.3, -0.25) is 9.59 Å². The molecule has 9 heteroatoms. The van der Waals surface area contributed by atoms with E-state index in [4.69, 9.17) is 10.5 Å². The molecule has 9 nitrogen and oxygen atoms in total. The van der Waals surface area contributed by atoms with Crippen LogP contribution in [0.15, 0.2) is 36.8 Å². The number of esters is 1. The number of carbonyl (C=O) groups excluding carboxylic acids is 3. The summed E-state index contributed by atoms with van der Waals surface area (Å²) in [6, 6.07) is -1.43. The minimum atomic E-state index is -0.455. The number of nitrogens with two attached hydrogens (primary N) is 1. The lowest BCUT2D eigenvalue weighted by Gasteiger charge is -2.43. The number of fused-ring (bicyclic) bond motifs is 1. The number of Topliss-reactive ketones (excluding diaryl/α,β-unsaturated/α-hetero) is 1. The van der Waals surface area contributed by atoms with Gasteiger partial charge in [-0.15, -0.1) is 0 Å². The molecule has 4 aliphatic rings. The van der Waals surface area contributed by atoms with Gasteiger partial charge in [0.15, 0.2) is 5.78 Å². The Kier molecular flexibility index (Phi) is 13.2. The van der Waals surface area contributed by atoms with Gasteiger partial charge in [-0.05, 0) is 65.6 Å². The van der Waals surface area contributed by atoms with Crippen LogP contribution < -0.4 is 21.7 Å². The normalized spacial score (nSPS) is 24.4. The Balaban J connectivity index is 0.00000319. The Hall–Kier alpha value is -2.97. The van der Waals surface area contributed by atoms with Crippen molar-refractivity contribution in [2.24, 2.45) is 45.7 Å². The van der Waals surface area contributed by atoms with Gasteiger partial charge in [-0.1, -0.05) is 108 Å². The summed E-state index contributed by atoms with van der Waals surface area (Å²) in [5.74, 6) is 1.44. The van der Waals surface area contributed by atoms with Crippen LogP contribution in [0.2, 0.25) is 0 Å². The van der Waals surface area contributed by atoms with Crippen molar-refractivity contribution in [2.75, 3.05) is 13.2 Å². The molecule has 49 heavy (non-hydrogen) atoms. The van der Waals surface area contributed by atoms with Gasteiger partial charge in [-0.2, -0.15) is 0 Å². The van der Waals surface area contributed by atoms with E-state index >= 15 is 0 Å². The topological polar surface area (TPSA) is 126 Å². The number of nitrogens with zero attached hydrogens (tertiary/aromatic N) is 1. The molecule has 0 bridgehead atoms. The van der Waals surface area contributed by atoms with Crippen molar-refractivity contribution in [3.8, 4) is 0 Å². The molecule has 0 aromatic heterocycles. The molecular formula is C40H69N5O4. The van der Waals surface area contributed by atoms with Gasteiger partial charge in [0.2, 0.25) is 0 Å². The molecular weight excluding hydrogens is 614 g/mol. The molecule has 5 N–H and O–H groups in total. The summed E-state index contributed by atoms with van der Waals surface area (Å²) in [4.78, 5) is 41.5. The number of piperidine rings is 1. The van der Waals surface area contributed by atoms with Crippen LogP contribution in [-0.4, -0.2) is 60.0 Å². The first-order chi connectivity index (χ1) is 22.7. The highest BCUT2D eigenvalue weighted by molar-refractivity contribution is 5.98. The molecule has 1 heterocycles. The average molecular weight is 684 g/mol. The van der Waals surface area contributed by atoms with E-state index in [0.29, 0.717) is 36.7 Å². The fourth-order valence-electron chi connectivity index (χ4n) is 7.66. The van der Waals surface area contributed by atoms with Gasteiger partial charge in [0.05, 0.1) is 30.4 Å². The molecule has 4 unspecified atom stereocenters. The number of urea groups is 1. The van der Waals surface area contributed by atoms with E-state index in [-0.39, 0.29) is 64.3 Å². The highest BCUT2D eigenvalue weighted by Gasteiger charge is 2.68. The number of rotatable bonds is 16. The summed E-state index contributed by atoms with van der Waals surface area (Å²) in [7, 11) is 0. The molecule has 1 aliphatic heterocycles. The molecule has 6 atom stereocenters. The summed E-state index contributed by atoms with van der Waals surface area (Å²) in [6.45, 7) is 35.2. The van der Waals surface area contributed by atoms with Crippen molar-refractivity contribution >= 4 is 17.8 Å². The lowest BCUT2D eigenvalue weighted by Crippen LogP contribution is -2.56. The lowest BCUT2D eigenvalue weighted by molar-refractivity contribution is -0.144. The number of amides is 2. The number of hydrogen-bond acceptors (Lipinski definition) is 7. The summed E-state index contributed by atoms with van der Waals surface area (Å²) in [6.07, 6.45) is 7.19. The Bertz CT molecular complexity index is 1240. The standard InChI is InChI=1S/C38H63N5O4.C2H6/c1-22(39)33(45)28(19-25-13-12-14-25)40-23(2)32-31-27(38(31,10)11)20-43(32)24(3)34(37(7,8)9)42-35(46)41-29(36(4,5)6)17-18-30(44)47-21-26-15-16-26;1-2/h25-29,31-32,34,40H,1-3,12-21,39H2,4-11H3,(H2,41,42,46);1-2H3/t27-,28?,29?,31-,32?,34?;/m0./s1. The van der Waals surface area contributed by atoms with Crippen molar-refractivity contribution in [1.82, 2.24) is 20.9 Å². The number of hydrogen-bond donors (Lipinski definition) is 4. The number of likely N-dealkylation sites (tertiary alicyclic amines) is 1. The second kappa shape index (κ2) is 15.9. The fourth-order valence-corrected chi connectivity index (χ4v) is 7.66. The Labute approximate surface area is 297 Å². The number of ether oxygens (including phenoxy) is 1. The van der Waals surface area contributed by atoms with E-state index in [1.165, 1.54) is 6.42 Å². The molecule has 4 rings (SSSR count). The van der Waals surface area contributed by atoms with Crippen molar-refractivity contribution in [2.45, 2.75) is 145 Å². The van der Waals surface area contributed by atoms with Gasteiger partial charge in [0.1, 0.15) is 0 Å². The molecule has 0 aromatic carbocycles. The highest BCUT2D eigenvalue weighted by Crippen LogP contribution is 2.66. The van der Waals surface area contributed by atoms with Crippen molar-refractivity contribution in [1.29, 1.82) is 0 Å². The molecule has 0 radical (unpaired) electrons. The molecule has 3 saturated carbocycles. The Morgan fingerprint density at radius 2 is 1.53 bits per heavy atom. The van der Waals surface area contributed by atoms with E-state index in [1.54, 1.807) is 0 Å². The Morgan fingerprint density at radius 3 is 2.02 bits per heavy atom.